The average molecular weight is 278 g/mol. The number of nitrogens with one attached hydrogen (secondary N) is 1. The van der Waals surface area contributed by atoms with E-state index in [2.05, 4.69) is 5.32 Å². The molecule has 2 amide bonds. The average Bonchev–Trinajstić information content (AvgIpc) is 2.94. The maximum Gasteiger partial charge on any atom is 0.278 e. The lowest BCUT2D eigenvalue weighted by molar-refractivity contribution is -0.657. The van der Waals surface area contributed by atoms with Crippen LogP contribution in [0.4, 0.5) is 0 Å². The van der Waals surface area contributed by atoms with E-state index in [1.165, 1.54) is 0 Å². The lowest BCUT2D eigenvalue weighted by atomic mass is 10.0. The van der Waals surface area contributed by atoms with Gasteiger partial charge in [0.2, 0.25) is 5.91 Å². The number of phenolic OH excluding ortho intramolecular Hbond substituents is 1. The van der Waals surface area contributed by atoms with Crippen molar-refractivity contribution in [1.29, 1.82) is 0 Å². The minimum Gasteiger partial charge on any atom is -0.508 e. The highest BCUT2D eigenvalue weighted by molar-refractivity contribution is 5.88. The molecule has 20 heavy (non-hydrogen) atoms. The number of aromatic hydroxyl groups is 1. The number of rotatable bonds is 5. The molecule has 2 rings (SSSR count). The SMILES string of the molecule is NC(=O)C(Cc1ccc(O)cc1)NC(=O)C1CCC[NH2+]1. The second-order valence-electron chi connectivity index (χ2n) is 5.11. The minimum atomic E-state index is -0.721. The molecule has 1 aliphatic heterocycles. The Morgan fingerprint density at radius 3 is 2.65 bits per heavy atom. The van der Waals surface area contributed by atoms with Gasteiger partial charge in [0.05, 0.1) is 6.54 Å². The van der Waals surface area contributed by atoms with Gasteiger partial charge in [-0.3, -0.25) is 9.59 Å². The molecule has 0 aromatic heterocycles. The van der Waals surface area contributed by atoms with Gasteiger partial charge in [0.25, 0.3) is 5.91 Å². The van der Waals surface area contributed by atoms with Gasteiger partial charge in [-0.2, -0.15) is 0 Å². The highest BCUT2D eigenvalue weighted by atomic mass is 16.3. The molecule has 0 aliphatic carbocycles. The Labute approximate surface area is 117 Å². The Bertz CT molecular complexity index is 481. The van der Waals surface area contributed by atoms with Crippen LogP contribution in [0.5, 0.6) is 5.75 Å². The number of hydrogen-bond donors (Lipinski definition) is 4. The molecule has 108 valence electrons. The Balaban J connectivity index is 1.98. The highest BCUT2D eigenvalue weighted by Gasteiger charge is 2.29. The molecule has 1 aromatic carbocycles. The number of amides is 2. The Morgan fingerprint density at radius 1 is 1.40 bits per heavy atom. The molecule has 1 saturated heterocycles. The van der Waals surface area contributed by atoms with Crippen LogP contribution in [0.25, 0.3) is 0 Å². The number of nitrogens with two attached hydrogens (primary N) is 2. The van der Waals surface area contributed by atoms with Gasteiger partial charge in [-0.15, -0.1) is 0 Å². The zero-order valence-electron chi connectivity index (χ0n) is 11.2. The zero-order valence-corrected chi connectivity index (χ0v) is 11.2. The van der Waals surface area contributed by atoms with E-state index in [-0.39, 0.29) is 17.7 Å². The summed E-state index contributed by atoms with van der Waals surface area (Å²) in [6.45, 7) is 0.942. The largest absolute Gasteiger partial charge is 0.508 e. The maximum absolute atomic E-state index is 12.0. The van der Waals surface area contributed by atoms with E-state index >= 15 is 0 Å². The summed E-state index contributed by atoms with van der Waals surface area (Å²) in [6.07, 6.45) is 2.17. The van der Waals surface area contributed by atoms with Crippen molar-refractivity contribution >= 4 is 11.8 Å². The third-order valence-electron chi connectivity index (χ3n) is 3.54. The number of phenols is 1. The van der Waals surface area contributed by atoms with Crippen LogP contribution in [0.3, 0.4) is 0 Å². The van der Waals surface area contributed by atoms with Crippen LogP contribution in [-0.2, 0) is 16.0 Å². The summed E-state index contributed by atoms with van der Waals surface area (Å²) >= 11 is 0. The minimum absolute atomic E-state index is 0.114. The third-order valence-corrected chi connectivity index (χ3v) is 3.54. The molecule has 0 saturated carbocycles. The molecule has 1 fully saturated rings. The monoisotopic (exact) mass is 278 g/mol. The van der Waals surface area contributed by atoms with Crippen molar-refractivity contribution < 1.29 is 20.0 Å². The first-order chi connectivity index (χ1) is 9.56. The van der Waals surface area contributed by atoms with Crippen molar-refractivity contribution in [2.75, 3.05) is 6.54 Å². The van der Waals surface area contributed by atoms with Crippen LogP contribution in [0.2, 0.25) is 0 Å². The van der Waals surface area contributed by atoms with Crippen LogP contribution in [0.1, 0.15) is 18.4 Å². The van der Waals surface area contributed by atoms with E-state index in [0.29, 0.717) is 6.42 Å². The Morgan fingerprint density at radius 2 is 2.10 bits per heavy atom. The summed E-state index contributed by atoms with van der Waals surface area (Å²) < 4.78 is 0. The fourth-order valence-corrected chi connectivity index (χ4v) is 2.38. The molecule has 0 spiro atoms. The van der Waals surface area contributed by atoms with Gasteiger partial charge in [-0.1, -0.05) is 12.1 Å². The molecule has 6 nitrogen and oxygen atoms in total. The van der Waals surface area contributed by atoms with Crippen molar-refractivity contribution in [3.63, 3.8) is 0 Å². The quantitative estimate of drug-likeness (QED) is 0.533. The van der Waals surface area contributed by atoms with Crippen molar-refractivity contribution in [2.45, 2.75) is 31.3 Å². The molecule has 1 heterocycles. The van der Waals surface area contributed by atoms with Crippen molar-refractivity contribution in [1.82, 2.24) is 5.32 Å². The number of carbonyl (C=O) groups excluding carboxylic acids is 2. The summed E-state index contributed by atoms with van der Waals surface area (Å²) in [5.41, 5.74) is 6.18. The molecule has 6 heteroatoms. The Kier molecular flexibility index (Phi) is 4.57. The molecule has 0 radical (unpaired) electrons. The van der Waals surface area contributed by atoms with E-state index in [4.69, 9.17) is 5.73 Å². The fraction of sp³-hybridized carbons (Fsp3) is 0.429. The standard InChI is InChI=1S/C14H19N3O3/c15-13(19)12(8-9-3-5-10(18)6-4-9)17-14(20)11-2-1-7-16-11/h3-6,11-12,16,18H,1-2,7-8H2,(H2,15,19)(H,17,20)/p+1. The number of quaternary nitrogens is 1. The van der Waals surface area contributed by atoms with E-state index in [1.807, 2.05) is 5.32 Å². The van der Waals surface area contributed by atoms with Gasteiger partial charge >= 0.3 is 0 Å². The summed E-state index contributed by atoms with van der Waals surface area (Å²) in [5, 5.41) is 13.9. The van der Waals surface area contributed by atoms with E-state index in [9.17, 15) is 14.7 Å². The lowest BCUT2D eigenvalue weighted by Gasteiger charge is -2.17. The smallest absolute Gasteiger partial charge is 0.278 e. The lowest BCUT2D eigenvalue weighted by Crippen LogP contribution is -2.89. The van der Waals surface area contributed by atoms with Crippen LogP contribution >= 0.6 is 0 Å². The molecule has 0 bridgehead atoms. The summed E-state index contributed by atoms with van der Waals surface area (Å²) in [4.78, 5) is 23.5. The van der Waals surface area contributed by atoms with Crippen LogP contribution in [0.15, 0.2) is 24.3 Å². The molecule has 2 atom stereocenters. The van der Waals surface area contributed by atoms with E-state index in [0.717, 1.165) is 24.9 Å². The predicted octanol–water partition coefficient (Wildman–Crippen LogP) is -1.37. The number of hydrogen-bond acceptors (Lipinski definition) is 3. The molecule has 1 aliphatic rings. The second kappa shape index (κ2) is 6.38. The number of primary amides is 1. The first-order valence-electron chi connectivity index (χ1n) is 6.77. The van der Waals surface area contributed by atoms with Gasteiger partial charge in [0.15, 0.2) is 6.04 Å². The van der Waals surface area contributed by atoms with E-state index in [1.54, 1.807) is 24.3 Å². The van der Waals surface area contributed by atoms with E-state index < -0.39 is 11.9 Å². The first-order valence-corrected chi connectivity index (χ1v) is 6.77. The fourth-order valence-electron chi connectivity index (χ4n) is 2.38. The summed E-state index contributed by atoms with van der Waals surface area (Å²) in [6, 6.07) is 5.66. The summed E-state index contributed by atoms with van der Waals surface area (Å²) in [5.74, 6) is -0.525. The second-order valence-corrected chi connectivity index (χ2v) is 5.11. The normalized spacial score (nSPS) is 19.5. The van der Waals surface area contributed by atoms with Gasteiger partial charge in [0, 0.05) is 19.3 Å². The molecule has 2 unspecified atom stereocenters. The predicted molar refractivity (Wildman–Crippen MR) is 72.8 cm³/mol. The van der Waals surface area contributed by atoms with Gasteiger partial charge in [-0.25, -0.2) is 0 Å². The molecule has 6 N–H and O–H groups in total. The molecule has 1 aromatic rings. The Hall–Kier alpha value is -2.08. The summed E-state index contributed by atoms with van der Waals surface area (Å²) in [7, 11) is 0. The zero-order chi connectivity index (χ0) is 14.5. The van der Waals surface area contributed by atoms with Gasteiger partial charge in [-0.05, 0) is 17.7 Å². The van der Waals surface area contributed by atoms with Crippen molar-refractivity contribution in [3.05, 3.63) is 29.8 Å². The van der Waals surface area contributed by atoms with Crippen LogP contribution in [0, 0.1) is 0 Å². The highest BCUT2D eigenvalue weighted by Crippen LogP contribution is 2.11. The molecular formula is C14H20N3O3+. The van der Waals surface area contributed by atoms with Crippen LogP contribution < -0.4 is 16.4 Å². The van der Waals surface area contributed by atoms with Crippen LogP contribution in [-0.4, -0.2) is 35.5 Å². The van der Waals surface area contributed by atoms with Crippen molar-refractivity contribution in [2.24, 2.45) is 5.73 Å². The number of benzene rings is 1. The van der Waals surface area contributed by atoms with Crippen molar-refractivity contribution in [3.8, 4) is 5.75 Å². The van der Waals surface area contributed by atoms with Gasteiger partial charge in [0.1, 0.15) is 11.8 Å². The topological polar surface area (TPSA) is 109 Å². The molecular weight excluding hydrogens is 258 g/mol. The van der Waals surface area contributed by atoms with Gasteiger partial charge < -0.3 is 21.5 Å². The number of carbonyl (C=O) groups is 2. The third kappa shape index (κ3) is 3.71. The maximum atomic E-state index is 12.0. The first kappa shape index (κ1) is 14.3.